The molecule has 86 valence electrons. The van der Waals surface area contributed by atoms with E-state index in [9.17, 15) is 0 Å². The fourth-order valence-corrected chi connectivity index (χ4v) is 1.53. The van der Waals surface area contributed by atoms with Crippen molar-refractivity contribution in [3.05, 3.63) is 24.0 Å². The van der Waals surface area contributed by atoms with Gasteiger partial charge >= 0.3 is 0 Å². The number of ether oxygens (including phenoxy) is 1. The Hall–Kier alpha value is -0.800. The molecule has 1 N–H and O–H groups in total. The van der Waals surface area contributed by atoms with Crippen LogP contribution in [-0.2, 0) is 11.3 Å². The van der Waals surface area contributed by atoms with Gasteiger partial charge in [-0.1, -0.05) is 6.92 Å². The van der Waals surface area contributed by atoms with Gasteiger partial charge < -0.3 is 14.6 Å². The van der Waals surface area contributed by atoms with E-state index in [0.717, 1.165) is 19.7 Å². The van der Waals surface area contributed by atoms with Gasteiger partial charge in [-0.05, 0) is 31.5 Å². The molecule has 0 bridgehead atoms. The molecule has 0 amide bonds. The highest BCUT2D eigenvalue weighted by atomic mass is 16.5. The Balaban J connectivity index is 2.43. The molecule has 0 fully saturated rings. The van der Waals surface area contributed by atoms with Gasteiger partial charge in [0.2, 0.25) is 0 Å². The maximum Gasteiger partial charge on any atom is 0.0641 e. The van der Waals surface area contributed by atoms with Crippen LogP contribution in [-0.4, -0.2) is 24.8 Å². The monoisotopic (exact) mass is 210 g/mol. The molecule has 1 atom stereocenters. The minimum atomic E-state index is 0.439. The summed E-state index contributed by atoms with van der Waals surface area (Å²) in [6, 6.07) is 2.61. The van der Waals surface area contributed by atoms with Crippen molar-refractivity contribution >= 4 is 0 Å². The van der Waals surface area contributed by atoms with Crippen LogP contribution in [0.25, 0.3) is 0 Å². The molecule has 0 aliphatic rings. The molecule has 0 aromatic carbocycles. The highest BCUT2D eigenvalue weighted by Crippen LogP contribution is 2.12. The highest BCUT2D eigenvalue weighted by molar-refractivity contribution is 5.14. The van der Waals surface area contributed by atoms with Gasteiger partial charge in [0.25, 0.3) is 0 Å². The second-order valence-electron chi connectivity index (χ2n) is 3.85. The number of nitrogens with zero attached hydrogens (tertiary/aromatic N) is 1. The number of rotatable bonds is 7. The van der Waals surface area contributed by atoms with E-state index in [0.29, 0.717) is 6.04 Å². The van der Waals surface area contributed by atoms with Gasteiger partial charge in [-0.2, -0.15) is 0 Å². The van der Waals surface area contributed by atoms with E-state index in [2.05, 4.69) is 42.2 Å². The van der Waals surface area contributed by atoms with Crippen LogP contribution in [0.3, 0.4) is 0 Å². The number of hydrogen-bond acceptors (Lipinski definition) is 2. The first-order chi connectivity index (χ1) is 7.27. The highest BCUT2D eigenvalue weighted by Gasteiger charge is 2.05. The molecule has 1 aromatic rings. The quantitative estimate of drug-likeness (QED) is 0.746. The molecule has 15 heavy (non-hydrogen) atoms. The predicted molar refractivity (Wildman–Crippen MR) is 63.0 cm³/mol. The summed E-state index contributed by atoms with van der Waals surface area (Å²) in [6.45, 7) is 7.15. The van der Waals surface area contributed by atoms with E-state index >= 15 is 0 Å². The van der Waals surface area contributed by atoms with E-state index in [1.54, 1.807) is 7.11 Å². The van der Waals surface area contributed by atoms with Crippen molar-refractivity contribution < 1.29 is 4.74 Å². The van der Waals surface area contributed by atoms with E-state index in [-0.39, 0.29) is 0 Å². The van der Waals surface area contributed by atoms with Crippen molar-refractivity contribution in [2.75, 3.05) is 20.3 Å². The van der Waals surface area contributed by atoms with Crippen molar-refractivity contribution in [2.24, 2.45) is 0 Å². The fourth-order valence-electron chi connectivity index (χ4n) is 1.53. The standard InChI is InChI=1S/C12H22N2O/c1-4-6-13-11(2)12-5-7-14(10-12)8-9-15-3/h5,7,10-11,13H,4,6,8-9H2,1-3H3. The Morgan fingerprint density at radius 3 is 3.00 bits per heavy atom. The minimum absolute atomic E-state index is 0.439. The Bertz CT molecular complexity index is 270. The Morgan fingerprint density at radius 2 is 2.33 bits per heavy atom. The molecule has 1 rings (SSSR count). The number of aromatic nitrogens is 1. The Morgan fingerprint density at radius 1 is 1.53 bits per heavy atom. The van der Waals surface area contributed by atoms with E-state index in [1.807, 2.05) is 0 Å². The summed E-state index contributed by atoms with van der Waals surface area (Å²) in [5.74, 6) is 0. The van der Waals surface area contributed by atoms with Crippen LogP contribution in [0.4, 0.5) is 0 Å². The third kappa shape index (κ3) is 4.06. The molecule has 0 radical (unpaired) electrons. The Labute approximate surface area is 92.4 Å². The van der Waals surface area contributed by atoms with Crippen LogP contribution < -0.4 is 5.32 Å². The summed E-state index contributed by atoms with van der Waals surface area (Å²) < 4.78 is 7.21. The van der Waals surface area contributed by atoms with Crippen molar-refractivity contribution in [3.63, 3.8) is 0 Å². The van der Waals surface area contributed by atoms with E-state index < -0.39 is 0 Å². The SMILES string of the molecule is CCCNC(C)c1ccn(CCOC)c1. The second kappa shape index (κ2) is 6.64. The topological polar surface area (TPSA) is 26.2 Å². The third-order valence-corrected chi connectivity index (χ3v) is 2.53. The smallest absolute Gasteiger partial charge is 0.0641 e. The maximum atomic E-state index is 5.04. The molecule has 0 saturated heterocycles. The van der Waals surface area contributed by atoms with Gasteiger partial charge in [0.1, 0.15) is 0 Å². The van der Waals surface area contributed by atoms with Crippen LogP contribution in [0.2, 0.25) is 0 Å². The van der Waals surface area contributed by atoms with Gasteiger partial charge in [-0.3, -0.25) is 0 Å². The predicted octanol–water partition coefficient (Wildman–Crippen LogP) is 2.20. The van der Waals surface area contributed by atoms with Crippen LogP contribution in [0.15, 0.2) is 18.5 Å². The van der Waals surface area contributed by atoms with Gasteiger partial charge in [0, 0.05) is 32.1 Å². The zero-order valence-electron chi connectivity index (χ0n) is 9.99. The van der Waals surface area contributed by atoms with Crippen LogP contribution in [0.5, 0.6) is 0 Å². The molecule has 0 spiro atoms. The lowest BCUT2D eigenvalue weighted by Gasteiger charge is -2.11. The summed E-state index contributed by atoms with van der Waals surface area (Å²) in [5.41, 5.74) is 1.35. The van der Waals surface area contributed by atoms with Gasteiger partial charge in [-0.15, -0.1) is 0 Å². The molecule has 1 aromatic heterocycles. The number of hydrogen-bond donors (Lipinski definition) is 1. The summed E-state index contributed by atoms with van der Waals surface area (Å²) >= 11 is 0. The van der Waals surface area contributed by atoms with E-state index in [4.69, 9.17) is 4.74 Å². The average molecular weight is 210 g/mol. The van der Waals surface area contributed by atoms with Crippen molar-refractivity contribution in [1.82, 2.24) is 9.88 Å². The first-order valence-corrected chi connectivity index (χ1v) is 5.66. The molecule has 0 saturated carbocycles. The van der Waals surface area contributed by atoms with Gasteiger partial charge in [-0.25, -0.2) is 0 Å². The summed E-state index contributed by atoms with van der Waals surface area (Å²) in [6.07, 6.45) is 5.47. The average Bonchev–Trinajstić information content (AvgIpc) is 2.71. The van der Waals surface area contributed by atoms with Gasteiger partial charge in [0.05, 0.1) is 6.61 Å². The lowest BCUT2D eigenvalue weighted by Crippen LogP contribution is -2.18. The van der Waals surface area contributed by atoms with Gasteiger partial charge in [0.15, 0.2) is 0 Å². The molecular formula is C12H22N2O. The number of methoxy groups -OCH3 is 1. The lowest BCUT2D eigenvalue weighted by atomic mass is 10.2. The van der Waals surface area contributed by atoms with E-state index in [1.165, 1.54) is 12.0 Å². The fraction of sp³-hybridized carbons (Fsp3) is 0.667. The molecule has 3 nitrogen and oxygen atoms in total. The van der Waals surface area contributed by atoms with Crippen molar-refractivity contribution in [1.29, 1.82) is 0 Å². The molecule has 1 heterocycles. The van der Waals surface area contributed by atoms with Crippen LogP contribution in [0, 0.1) is 0 Å². The molecular weight excluding hydrogens is 188 g/mol. The largest absolute Gasteiger partial charge is 0.383 e. The van der Waals surface area contributed by atoms with Crippen molar-refractivity contribution in [2.45, 2.75) is 32.9 Å². The zero-order chi connectivity index (χ0) is 11.1. The first kappa shape index (κ1) is 12.3. The Kier molecular flexibility index (Phi) is 5.43. The maximum absolute atomic E-state index is 5.04. The normalized spacial score (nSPS) is 13.0. The minimum Gasteiger partial charge on any atom is -0.383 e. The van der Waals surface area contributed by atoms with Crippen LogP contribution >= 0.6 is 0 Å². The van der Waals surface area contributed by atoms with Crippen LogP contribution in [0.1, 0.15) is 31.9 Å². The molecule has 1 unspecified atom stereocenters. The molecule has 3 heteroatoms. The zero-order valence-corrected chi connectivity index (χ0v) is 9.99. The molecule has 0 aliphatic carbocycles. The third-order valence-electron chi connectivity index (χ3n) is 2.53. The second-order valence-corrected chi connectivity index (χ2v) is 3.85. The first-order valence-electron chi connectivity index (χ1n) is 5.66. The molecule has 0 aliphatic heterocycles. The summed E-state index contributed by atoms with van der Waals surface area (Å²) in [5, 5.41) is 3.47. The number of nitrogens with one attached hydrogen (secondary N) is 1. The van der Waals surface area contributed by atoms with Crippen molar-refractivity contribution in [3.8, 4) is 0 Å². The summed E-state index contributed by atoms with van der Waals surface area (Å²) in [4.78, 5) is 0. The summed E-state index contributed by atoms with van der Waals surface area (Å²) in [7, 11) is 1.73. The lowest BCUT2D eigenvalue weighted by molar-refractivity contribution is 0.187.